The number of rotatable bonds is 20. The molecule has 1 N–H and O–H groups in total. The van der Waals surface area contributed by atoms with Gasteiger partial charge in [-0.15, -0.1) is 0 Å². The van der Waals surface area contributed by atoms with E-state index in [9.17, 15) is 22.8 Å². The normalized spacial score (nSPS) is 11.3. The third-order valence-electron chi connectivity index (χ3n) is 4.94. The van der Waals surface area contributed by atoms with Crippen LogP contribution in [0.25, 0.3) is 0 Å². The molecular formula is C22H40O8S. The van der Waals surface area contributed by atoms with E-state index in [0.29, 0.717) is 6.42 Å². The first kappa shape index (κ1) is 29.5. The molecule has 0 unspecified atom stereocenters. The van der Waals surface area contributed by atoms with Gasteiger partial charge in [-0.2, -0.15) is 8.42 Å². The van der Waals surface area contributed by atoms with Crippen LogP contribution in [0.2, 0.25) is 0 Å². The first-order valence-electron chi connectivity index (χ1n) is 11.7. The summed E-state index contributed by atoms with van der Waals surface area (Å²) in [4.78, 5) is 34.0. The van der Waals surface area contributed by atoms with Crippen molar-refractivity contribution in [2.45, 2.75) is 122 Å². The third-order valence-corrected chi connectivity index (χ3v) is 5.34. The molecule has 0 saturated carbocycles. The van der Waals surface area contributed by atoms with Gasteiger partial charge in [0, 0.05) is 6.42 Å². The van der Waals surface area contributed by atoms with Crippen LogP contribution in [-0.4, -0.2) is 30.9 Å². The maximum absolute atomic E-state index is 11.6. The molecule has 0 saturated heterocycles. The highest BCUT2D eigenvalue weighted by molar-refractivity contribution is 7.81. The number of unbranched alkanes of at least 4 members (excludes halogenated alkanes) is 14. The van der Waals surface area contributed by atoms with Crippen molar-refractivity contribution in [3.05, 3.63) is 0 Å². The van der Waals surface area contributed by atoms with E-state index in [0.717, 1.165) is 19.3 Å². The number of carbonyl (C=O) groups is 3. The average Bonchev–Trinajstić information content (AvgIpc) is 2.68. The molecule has 0 bridgehead atoms. The zero-order valence-corrected chi connectivity index (χ0v) is 19.8. The first-order chi connectivity index (χ1) is 14.7. The van der Waals surface area contributed by atoms with Crippen molar-refractivity contribution in [3.63, 3.8) is 0 Å². The number of hydrogen-bond donors (Lipinski definition) is 1. The van der Waals surface area contributed by atoms with E-state index in [-0.39, 0.29) is 6.42 Å². The number of hydrogen-bond acceptors (Lipinski definition) is 7. The van der Waals surface area contributed by atoms with Crippen molar-refractivity contribution >= 4 is 28.3 Å². The topological polar surface area (TPSA) is 124 Å². The molecule has 9 heteroatoms. The molecule has 0 atom stereocenters. The fourth-order valence-electron chi connectivity index (χ4n) is 3.23. The van der Waals surface area contributed by atoms with Crippen LogP contribution in [0, 0.1) is 0 Å². The van der Waals surface area contributed by atoms with Crippen LogP contribution in [0.5, 0.6) is 0 Å². The quantitative estimate of drug-likeness (QED) is 0.109. The maximum Gasteiger partial charge on any atom is 0.448 e. The van der Waals surface area contributed by atoms with Gasteiger partial charge in [-0.05, 0) is 6.42 Å². The van der Waals surface area contributed by atoms with Gasteiger partial charge in [0.25, 0.3) is 0 Å². The molecule has 0 aliphatic rings. The van der Waals surface area contributed by atoms with Gasteiger partial charge in [0.2, 0.25) is 0 Å². The van der Waals surface area contributed by atoms with Crippen LogP contribution in [0.1, 0.15) is 122 Å². The lowest BCUT2D eigenvalue weighted by atomic mass is 10.0. The molecule has 0 fully saturated rings. The molecule has 0 spiro atoms. The molecule has 0 rings (SSSR count). The van der Waals surface area contributed by atoms with E-state index in [2.05, 4.69) is 15.8 Å². The van der Waals surface area contributed by atoms with E-state index < -0.39 is 41.1 Å². The lowest BCUT2D eigenvalue weighted by molar-refractivity contribution is -0.160. The highest BCUT2D eigenvalue weighted by Crippen LogP contribution is 2.14. The van der Waals surface area contributed by atoms with Gasteiger partial charge in [0.05, 0.1) is 12.8 Å². The van der Waals surface area contributed by atoms with Crippen LogP contribution < -0.4 is 0 Å². The predicted octanol–water partition coefficient (Wildman–Crippen LogP) is 5.44. The zero-order valence-electron chi connectivity index (χ0n) is 18.9. The minimum Gasteiger partial charge on any atom is -0.393 e. The summed E-state index contributed by atoms with van der Waals surface area (Å²) in [6.07, 6.45) is 17.3. The monoisotopic (exact) mass is 464 g/mol. The van der Waals surface area contributed by atoms with Crippen molar-refractivity contribution in [2.24, 2.45) is 0 Å². The molecule has 31 heavy (non-hydrogen) atoms. The highest BCUT2D eigenvalue weighted by Gasteiger charge is 2.17. The summed E-state index contributed by atoms with van der Waals surface area (Å²) in [6, 6.07) is 0. The van der Waals surface area contributed by atoms with E-state index >= 15 is 0 Å². The fourth-order valence-corrected chi connectivity index (χ4v) is 3.55. The van der Waals surface area contributed by atoms with Gasteiger partial charge in [0.15, 0.2) is 0 Å². The Balaban J connectivity index is 3.44. The largest absolute Gasteiger partial charge is 0.448 e. The minimum absolute atomic E-state index is 0.124. The molecule has 0 radical (unpaired) electrons. The predicted molar refractivity (Wildman–Crippen MR) is 118 cm³/mol. The summed E-state index contributed by atoms with van der Waals surface area (Å²) in [5, 5.41) is 0. The van der Waals surface area contributed by atoms with Gasteiger partial charge < -0.3 is 8.92 Å². The van der Waals surface area contributed by atoms with Crippen molar-refractivity contribution in [3.8, 4) is 0 Å². The Morgan fingerprint density at radius 3 is 1.35 bits per heavy atom. The number of ether oxygens (including phenoxy) is 1. The van der Waals surface area contributed by atoms with Crippen LogP contribution in [0.15, 0.2) is 0 Å². The lowest BCUT2D eigenvalue weighted by Crippen LogP contribution is -2.16. The summed E-state index contributed by atoms with van der Waals surface area (Å²) in [7, 11) is -4.90. The van der Waals surface area contributed by atoms with Crippen LogP contribution in [0.3, 0.4) is 0 Å². The molecule has 0 aromatic carbocycles. The second-order valence-electron chi connectivity index (χ2n) is 7.93. The van der Waals surface area contributed by atoms with Gasteiger partial charge in [0.1, 0.15) is 0 Å². The Bertz CT molecular complexity index is 601. The zero-order chi connectivity index (χ0) is 23.4. The average molecular weight is 465 g/mol. The van der Waals surface area contributed by atoms with E-state index in [4.69, 9.17) is 4.55 Å². The summed E-state index contributed by atoms with van der Waals surface area (Å²) in [5.74, 6) is -2.89. The second-order valence-corrected chi connectivity index (χ2v) is 8.95. The molecule has 0 aliphatic carbocycles. The summed E-state index contributed by atoms with van der Waals surface area (Å²) in [5.41, 5.74) is 0. The molecule has 8 nitrogen and oxygen atoms in total. The van der Waals surface area contributed by atoms with Crippen LogP contribution in [0.4, 0.5) is 0 Å². The summed E-state index contributed by atoms with van der Waals surface area (Å²) < 4.78 is 37.2. The van der Waals surface area contributed by atoms with Crippen molar-refractivity contribution in [1.82, 2.24) is 0 Å². The van der Waals surface area contributed by atoms with Gasteiger partial charge >= 0.3 is 28.3 Å². The summed E-state index contributed by atoms with van der Waals surface area (Å²) in [6.45, 7) is 2.24. The third kappa shape index (κ3) is 23.0. The van der Waals surface area contributed by atoms with Crippen molar-refractivity contribution in [1.29, 1.82) is 0 Å². The Morgan fingerprint density at radius 1 is 0.581 bits per heavy atom. The Labute approximate surface area is 187 Å². The Morgan fingerprint density at radius 2 is 0.935 bits per heavy atom. The molecular weight excluding hydrogens is 424 g/mol. The smallest absolute Gasteiger partial charge is 0.393 e. The maximum atomic E-state index is 11.6. The standard InChI is InChI=1S/C22H40O8S/c1-2-3-4-5-6-7-8-9-10-11-12-13-14-15-16-17-20(23)29-21(24)18-19-22(25)30-31(26,27)28/h2-19H2,1H3,(H,26,27,28). The highest BCUT2D eigenvalue weighted by atomic mass is 32.3. The molecule has 182 valence electrons. The van der Waals surface area contributed by atoms with E-state index in [1.54, 1.807) is 0 Å². The molecule has 0 aromatic heterocycles. The van der Waals surface area contributed by atoms with Gasteiger partial charge in [-0.1, -0.05) is 96.8 Å². The molecule has 0 aromatic rings. The second kappa shape index (κ2) is 19.2. The van der Waals surface area contributed by atoms with Crippen molar-refractivity contribution < 1.29 is 36.3 Å². The van der Waals surface area contributed by atoms with Crippen molar-refractivity contribution in [2.75, 3.05) is 0 Å². The first-order valence-corrected chi connectivity index (χ1v) is 13.0. The minimum atomic E-state index is -4.90. The fraction of sp³-hybridized carbons (Fsp3) is 0.864. The van der Waals surface area contributed by atoms with E-state index in [1.165, 1.54) is 70.6 Å². The summed E-state index contributed by atoms with van der Waals surface area (Å²) >= 11 is 0. The molecule has 0 aliphatic heterocycles. The van der Waals surface area contributed by atoms with Crippen LogP contribution >= 0.6 is 0 Å². The lowest BCUT2D eigenvalue weighted by Gasteiger charge is -2.04. The Kier molecular flexibility index (Phi) is 18.3. The van der Waals surface area contributed by atoms with E-state index in [1.807, 2.05) is 0 Å². The van der Waals surface area contributed by atoms with Crippen LogP contribution in [-0.2, 0) is 33.7 Å². The number of esters is 2. The molecule has 0 amide bonds. The number of carbonyl (C=O) groups excluding carboxylic acids is 3. The van der Waals surface area contributed by atoms with Gasteiger partial charge in [-0.25, -0.2) is 0 Å². The SMILES string of the molecule is CCCCCCCCCCCCCCCCCC(=O)OC(=O)CCC(=O)OS(=O)(=O)O. The molecule has 0 heterocycles. The van der Waals surface area contributed by atoms with Gasteiger partial charge in [-0.3, -0.25) is 18.9 Å². The Hall–Kier alpha value is -1.48.